The number of nitrogens with one attached hydrogen (secondary N) is 4. The number of aromatic nitrogens is 4. The third kappa shape index (κ3) is 10.7. The molecule has 15 nitrogen and oxygen atoms in total. The number of nitrogen functional groups attached to an aromatic ring is 2. The predicted molar refractivity (Wildman–Crippen MR) is 257 cm³/mol. The lowest BCUT2D eigenvalue weighted by molar-refractivity contribution is -0.131. The first kappa shape index (κ1) is 43.8. The van der Waals surface area contributed by atoms with Crippen LogP contribution in [0.25, 0.3) is 0 Å². The fraction of sp³-hybridized carbons (Fsp3) is 0.271. The summed E-state index contributed by atoms with van der Waals surface area (Å²) >= 11 is 0. The molecule has 2 aliphatic rings. The number of benzene rings is 4. The molecule has 6 aromatic rings. The average Bonchev–Trinajstić information content (AvgIpc) is 3.97. The summed E-state index contributed by atoms with van der Waals surface area (Å²) in [7, 11) is 4.58. The number of nitrogens with two attached hydrogens (primary N) is 2. The molecule has 4 aromatic carbocycles. The summed E-state index contributed by atoms with van der Waals surface area (Å²) < 4.78 is 5.95. The van der Waals surface area contributed by atoms with Crippen molar-refractivity contribution in [2.24, 2.45) is 0 Å². The topological polar surface area (TPSA) is 211 Å². The Morgan fingerprint density at radius 3 is 1.83 bits per heavy atom. The van der Waals surface area contributed by atoms with E-state index in [1.807, 2.05) is 116 Å². The van der Waals surface area contributed by atoms with Gasteiger partial charge in [-0.15, -0.1) is 0 Å². The van der Waals surface area contributed by atoms with Crippen molar-refractivity contribution in [3.8, 4) is 11.5 Å². The summed E-state index contributed by atoms with van der Waals surface area (Å²) in [5, 5.41) is 27.8. The van der Waals surface area contributed by atoms with Crippen LogP contribution in [0.4, 0.5) is 23.3 Å². The number of carbonyl (C=O) groups excluding carboxylic acids is 1. The van der Waals surface area contributed by atoms with Crippen LogP contribution in [0.1, 0.15) is 41.5 Å². The highest BCUT2D eigenvalue weighted by atomic mass is 31.1. The maximum atomic E-state index is 14.0. The van der Waals surface area contributed by atoms with Gasteiger partial charge in [0, 0.05) is 68.4 Å². The van der Waals surface area contributed by atoms with Crippen LogP contribution in [0.15, 0.2) is 122 Å². The van der Waals surface area contributed by atoms with E-state index < -0.39 is 0 Å². The maximum absolute atomic E-state index is 14.0. The lowest BCUT2D eigenvalue weighted by atomic mass is 10.0. The summed E-state index contributed by atoms with van der Waals surface area (Å²) in [5.74, 6) is 2.93. The van der Waals surface area contributed by atoms with Crippen molar-refractivity contribution < 1.29 is 9.53 Å². The Hall–Kier alpha value is -6.80. The van der Waals surface area contributed by atoms with Gasteiger partial charge in [-0.25, -0.2) is 19.9 Å². The quantitative estimate of drug-likeness (QED) is 0.0516. The molecule has 2 aromatic heterocycles. The number of carbonyl (C=O) groups is 1. The Kier molecular flexibility index (Phi) is 13.8. The molecule has 0 spiro atoms. The van der Waals surface area contributed by atoms with E-state index in [0.717, 1.165) is 30.7 Å². The molecule has 328 valence electrons. The van der Waals surface area contributed by atoms with Gasteiger partial charge < -0.3 is 36.6 Å². The molecule has 64 heavy (non-hydrogen) atoms. The number of anilines is 4. The van der Waals surface area contributed by atoms with Crippen LogP contribution in [0.3, 0.4) is 0 Å². The molecular formula is C48H54N13O2P. The molecule has 1 amide bonds. The molecule has 16 heteroatoms. The molecule has 2 fully saturated rings. The minimum Gasteiger partial charge on any atom is -0.457 e. The van der Waals surface area contributed by atoms with E-state index in [1.165, 1.54) is 23.3 Å². The molecule has 8 rings (SSSR count). The number of para-hydroxylation sites is 1. The Morgan fingerprint density at radius 1 is 0.719 bits per heavy atom. The van der Waals surface area contributed by atoms with Crippen molar-refractivity contribution >= 4 is 59.8 Å². The summed E-state index contributed by atoms with van der Waals surface area (Å²) in [6.45, 7) is 3.32. The first-order valence-corrected chi connectivity index (χ1v) is 22.4. The predicted octanol–water partition coefficient (Wildman–Crippen LogP) is 5.20. The number of nitrogens with zero attached hydrogens (tertiary/aromatic N) is 7. The highest BCUT2D eigenvalue weighted by molar-refractivity contribution is 7.55. The molecule has 0 saturated carbocycles. The number of hydrogen-bond donors (Lipinski definition) is 6. The van der Waals surface area contributed by atoms with E-state index in [0.29, 0.717) is 75.3 Å². The third-order valence-electron chi connectivity index (χ3n) is 11.6. The van der Waals surface area contributed by atoms with Crippen LogP contribution in [-0.2, 0) is 4.79 Å². The van der Waals surface area contributed by atoms with Gasteiger partial charge in [-0.2, -0.15) is 0 Å². The van der Waals surface area contributed by atoms with Crippen molar-refractivity contribution in [3.63, 3.8) is 0 Å². The van der Waals surface area contributed by atoms with Crippen LogP contribution >= 0.6 is 8.58 Å². The molecule has 2 aliphatic heterocycles. The second-order valence-electron chi connectivity index (χ2n) is 16.4. The summed E-state index contributed by atoms with van der Waals surface area (Å²) in [6.07, 6.45) is 4.76. The lowest BCUT2D eigenvalue weighted by Crippen LogP contribution is -2.45. The second-order valence-corrected chi connectivity index (χ2v) is 17.8. The van der Waals surface area contributed by atoms with Gasteiger partial charge in [-0.05, 0) is 73.9 Å². The zero-order valence-corrected chi connectivity index (χ0v) is 37.0. The SMILES string of the molecule is CN(C)CC(CC(=O)N1CCC(Nc2ncnc(N)c2C(=N)c2ccc(Pc3ccccc3)cc2)C1)N1CCC(Nc2ncnc(N)c2C(=N)c2ccc(Oc3ccccc3)cc2)C1. The van der Waals surface area contributed by atoms with Crippen molar-refractivity contribution in [1.82, 2.24) is 34.6 Å². The van der Waals surface area contributed by atoms with Gasteiger partial charge in [0.1, 0.15) is 47.4 Å². The first-order valence-electron chi connectivity index (χ1n) is 21.4. The van der Waals surface area contributed by atoms with Gasteiger partial charge in [-0.3, -0.25) is 20.5 Å². The van der Waals surface area contributed by atoms with E-state index in [9.17, 15) is 4.79 Å². The van der Waals surface area contributed by atoms with Gasteiger partial charge in [0.25, 0.3) is 0 Å². The molecular weight excluding hydrogens is 822 g/mol. The summed E-state index contributed by atoms with van der Waals surface area (Å²) in [6, 6.07) is 35.1. The molecule has 4 unspecified atom stereocenters. The van der Waals surface area contributed by atoms with E-state index in [1.54, 1.807) is 0 Å². The Balaban J connectivity index is 0.874. The molecule has 4 heterocycles. The zero-order valence-electron chi connectivity index (χ0n) is 36.0. The van der Waals surface area contributed by atoms with E-state index in [2.05, 4.69) is 52.5 Å². The van der Waals surface area contributed by atoms with E-state index >= 15 is 0 Å². The number of ether oxygens (including phenoxy) is 1. The molecule has 0 bridgehead atoms. The maximum Gasteiger partial charge on any atom is 0.224 e. The molecule has 8 N–H and O–H groups in total. The minimum absolute atomic E-state index is 0.0143. The first-order chi connectivity index (χ1) is 31.1. The van der Waals surface area contributed by atoms with E-state index in [-0.39, 0.29) is 47.1 Å². The monoisotopic (exact) mass is 875 g/mol. The number of amides is 1. The Morgan fingerprint density at radius 2 is 1.23 bits per heavy atom. The van der Waals surface area contributed by atoms with Gasteiger partial charge in [0.05, 0.1) is 22.6 Å². The number of likely N-dealkylation sites (tertiary alicyclic amines) is 2. The molecule has 0 aliphatic carbocycles. The lowest BCUT2D eigenvalue weighted by Gasteiger charge is -2.31. The largest absolute Gasteiger partial charge is 0.457 e. The highest BCUT2D eigenvalue weighted by Crippen LogP contribution is 2.29. The fourth-order valence-electron chi connectivity index (χ4n) is 8.31. The van der Waals surface area contributed by atoms with Crippen LogP contribution in [0.2, 0.25) is 0 Å². The molecule has 2 saturated heterocycles. The number of hydrogen-bond acceptors (Lipinski definition) is 14. The second kappa shape index (κ2) is 20.1. The van der Waals surface area contributed by atoms with E-state index in [4.69, 9.17) is 27.0 Å². The van der Waals surface area contributed by atoms with Crippen molar-refractivity contribution in [2.45, 2.75) is 37.4 Å². The van der Waals surface area contributed by atoms with Gasteiger partial charge in [-0.1, -0.05) is 81.4 Å². The van der Waals surface area contributed by atoms with Crippen LogP contribution in [0, 0.1) is 10.8 Å². The summed E-state index contributed by atoms with van der Waals surface area (Å²) in [4.78, 5) is 38.0. The highest BCUT2D eigenvalue weighted by Gasteiger charge is 2.34. The molecule has 0 radical (unpaired) electrons. The summed E-state index contributed by atoms with van der Waals surface area (Å²) in [5.41, 5.74) is 15.5. The number of likely N-dealkylation sites (N-methyl/N-ethyl adjacent to an activating group) is 1. The third-order valence-corrected chi connectivity index (χ3v) is 12.8. The van der Waals surface area contributed by atoms with Gasteiger partial charge in [0.2, 0.25) is 5.91 Å². The van der Waals surface area contributed by atoms with Crippen LogP contribution < -0.4 is 37.4 Å². The van der Waals surface area contributed by atoms with Crippen LogP contribution in [-0.4, -0.2) is 117 Å². The Bertz CT molecular complexity index is 2560. The average molecular weight is 876 g/mol. The normalized spacial score (nSPS) is 16.9. The van der Waals surface area contributed by atoms with Crippen molar-refractivity contribution in [3.05, 3.63) is 144 Å². The van der Waals surface area contributed by atoms with Crippen LogP contribution in [0.5, 0.6) is 11.5 Å². The fourth-order valence-corrected chi connectivity index (χ4v) is 9.34. The molecule has 4 atom stereocenters. The van der Waals surface area contributed by atoms with Gasteiger partial charge in [0.15, 0.2) is 0 Å². The van der Waals surface area contributed by atoms with Crippen molar-refractivity contribution in [2.75, 3.05) is 68.9 Å². The van der Waals surface area contributed by atoms with Gasteiger partial charge >= 0.3 is 0 Å². The minimum atomic E-state index is -0.0688. The standard InChI is InChI=1S/C48H54N13O2P/c1-59(2)28-35(60-23-21-33(26-60)57-47-41(45(51)53-29-55-47)43(49)31-13-17-37(18-14-31)63-36-9-5-3-6-10-36)25-40(62)61-24-22-34(27-61)58-48-42(46(52)54-30-56-48)44(50)32-15-19-39(20-16-32)64-38-11-7-4-8-12-38/h3-20,29-30,33-35,49-50,64H,21-28H2,1-2H3,(H3,51,53,55,57)(H3,52,54,56,58). The number of rotatable bonds is 17. The van der Waals surface area contributed by atoms with Crippen molar-refractivity contribution in [1.29, 1.82) is 10.8 Å². The zero-order chi connectivity index (χ0) is 44.6. The smallest absolute Gasteiger partial charge is 0.224 e. The Labute approximate surface area is 375 Å².